The maximum absolute atomic E-state index is 12.5. The molecule has 0 aliphatic carbocycles. The van der Waals surface area contributed by atoms with Gasteiger partial charge in [0, 0.05) is 25.4 Å². The third kappa shape index (κ3) is 5.86. The summed E-state index contributed by atoms with van der Waals surface area (Å²) in [6, 6.07) is -0.164. The molecule has 2 amide bonds. The largest absolute Gasteiger partial charge is 0.354 e. The molecule has 7 heteroatoms. The lowest BCUT2D eigenvalue weighted by Gasteiger charge is -2.27. The Balaban J connectivity index is 1.73. The summed E-state index contributed by atoms with van der Waals surface area (Å²) in [5.74, 6) is 2.53. The summed E-state index contributed by atoms with van der Waals surface area (Å²) in [7, 11) is 0. The van der Waals surface area contributed by atoms with Crippen molar-refractivity contribution in [2.75, 3.05) is 44.4 Å². The van der Waals surface area contributed by atoms with Gasteiger partial charge in [0.05, 0.1) is 18.0 Å². The zero-order valence-corrected chi connectivity index (χ0v) is 16.7. The van der Waals surface area contributed by atoms with E-state index in [-0.39, 0.29) is 23.9 Å². The van der Waals surface area contributed by atoms with Crippen LogP contribution < -0.4 is 10.6 Å². The molecule has 2 fully saturated rings. The second-order valence-electron chi connectivity index (χ2n) is 7.16. The Morgan fingerprint density at radius 2 is 2.04 bits per heavy atom. The first-order valence-corrected chi connectivity index (χ1v) is 10.8. The molecule has 0 aromatic carbocycles. The minimum Gasteiger partial charge on any atom is -0.354 e. The summed E-state index contributed by atoms with van der Waals surface area (Å²) in [4.78, 5) is 29.1. The van der Waals surface area contributed by atoms with Gasteiger partial charge < -0.3 is 15.5 Å². The average Bonchev–Trinajstić information content (AvgIpc) is 3.30. The number of rotatable bonds is 9. The van der Waals surface area contributed by atoms with Crippen LogP contribution in [0, 0.1) is 5.92 Å². The molecule has 0 aromatic heterocycles. The molecule has 0 saturated carbocycles. The number of amides is 2. The normalized spacial score (nSPS) is 24.7. The van der Waals surface area contributed by atoms with E-state index in [1.165, 1.54) is 0 Å². The van der Waals surface area contributed by atoms with E-state index in [9.17, 15) is 9.59 Å². The topological polar surface area (TPSA) is 64.7 Å². The van der Waals surface area contributed by atoms with Crippen molar-refractivity contribution in [1.82, 2.24) is 20.4 Å². The van der Waals surface area contributed by atoms with Gasteiger partial charge in [0.25, 0.3) is 0 Å². The van der Waals surface area contributed by atoms with Crippen LogP contribution in [-0.4, -0.2) is 78.1 Å². The van der Waals surface area contributed by atoms with Crippen molar-refractivity contribution >= 4 is 23.6 Å². The second-order valence-corrected chi connectivity index (χ2v) is 8.23. The van der Waals surface area contributed by atoms with Crippen LogP contribution in [0.25, 0.3) is 0 Å². The number of carbonyl (C=O) groups is 2. The van der Waals surface area contributed by atoms with E-state index in [0.717, 1.165) is 57.1 Å². The van der Waals surface area contributed by atoms with Crippen molar-refractivity contribution in [3.63, 3.8) is 0 Å². The number of hydrogen-bond donors (Lipinski definition) is 2. The Labute approximate surface area is 156 Å². The zero-order valence-electron chi connectivity index (χ0n) is 15.9. The van der Waals surface area contributed by atoms with Gasteiger partial charge in [-0.15, -0.1) is 11.8 Å². The standard InChI is InChI=1S/C18H34N4O2S/c1-4-6-21(7-5-2)14(3)17(23)20-12-15-10-16(19-11-15)18(24)22-8-9-25-13-22/h14-16,19H,4-13H2,1-3H3,(H,20,23)/t14?,15?,16-/m0/s1. The number of nitrogens with zero attached hydrogens (tertiary/aromatic N) is 2. The summed E-state index contributed by atoms with van der Waals surface area (Å²) in [6.07, 6.45) is 2.94. The van der Waals surface area contributed by atoms with Gasteiger partial charge in [-0.1, -0.05) is 13.8 Å². The highest BCUT2D eigenvalue weighted by Gasteiger charge is 2.33. The summed E-state index contributed by atoms with van der Waals surface area (Å²) in [5.41, 5.74) is 0. The molecular formula is C18H34N4O2S. The summed E-state index contributed by atoms with van der Waals surface area (Å²) in [6.45, 7) is 10.5. The van der Waals surface area contributed by atoms with E-state index in [1.807, 2.05) is 23.6 Å². The number of hydrogen-bond acceptors (Lipinski definition) is 5. The van der Waals surface area contributed by atoms with Gasteiger partial charge >= 0.3 is 0 Å². The Bertz CT molecular complexity index is 437. The smallest absolute Gasteiger partial charge is 0.240 e. The Kier molecular flexibility index (Phi) is 8.52. The predicted molar refractivity (Wildman–Crippen MR) is 104 cm³/mol. The van der Waals surface area contributed by atoms with Gasteiger partial charge in [0.1, 0.15) is 0 Å². The fraction of sp³-hybridized carbons (Fsp3) is 0.889. The SMILES string of the molecule is CCCN(CCC)C(C)C(=O)NCC1CN[C@H](C(=O)N2CCSC2)C1. The van der Waals surface area contributed by atoms with Crippen LogP contribution in [0.15, 0.2) is 0 Å². The maximum Gasteiger partial charge on any atom is 0.240 e. The highest BCUT2D eigenvalue weighted by molar-refractivity contribution is 7.99. The highest BCUT2D eigenvalue weighted by atomic mass is 32.2. The van der Waals surface area contributed by atoms with Gasteiger partial charge in [-0.3, -0.25) is 14.5 Å². The van der Waals surface area contributed by atoms with Crippen LogP contribution in [0.1, 0.15) is 40.0 Å². The summed E-state index contributed by atoms with van der Waals surface area (Å²) < 4.78 is 0. The first-order chi connectivity index (χ1) is 12.1. The van der Waals surface area contributed by atoms with Crippen LogP contribution in [0.5, 0.6) is 0 Å². The molecular weight excluding hydrogens is 336 g/mol. The van der Waals surface area contributed by atoms with Gasteiger partial charge in [-0.05, 0) is 45.2 Å². The molecule has 2 rings (SSSR count). The van der Waals surface area contributed by atoms with Crippen molar-refractivity contribution in [2.24, 2.45) is 5.92 Å². The zero-order chi connectivity index (χ0) is 18.2. The lowest BCUT2D eigenvalue weighted by Crippen LogP contribution is -2.47. The molecule has 2 saturated heterocycles. The molecule has 0 radical (unpaired) electrons. The predicted octanol–water partition coefficient (Wildman–Crippen LogP) is 1.12. The Morgan fingerprint density at radius 1 is 1.32 bits per heavy atom. The molecule has 0 aromatic rings. The van der Waals surface area contributed by atoms with Crippen LogP contribution in [-0.2, 0) is 9.59 Å². The Hall–Kier alpha value is -0.790. The molecule has 144 valence electrons. The van der Waals surface area contributed by atoms with E-state index in [4.69, 9.17) is 0 Å². The first-order valence-electron chi connectivity index (χ1n) is 9.68. The van der Waals surface area contributed by atoms with E-state index in [2.05, 4.69) is 29.4 Å². The quantitative estimate of drug-likeness (QED) is 0.637. The van der Waals surface area contributed by atoms with Gasteiger partial charge in [-0.2, -0.15) is 0 Å². The van der Waals surface area contributed by atoms with Crippen molar-refractivity contribution < 1.29 is 9.59 Å². The fourth-order valence-corrected chi connectivity index (χ4v) is 4.55. The van der Waals surface area contributed by atoms with Crippen LogP contribution >= 0.6 is 11.8 Å². The Morgan fingerprint density at radius 3 is 2.64 bits per heavy atom. The maximum atomic E-state index is 12.5. The lowest BCUT2D eigenvalue weighted by atomic mass is 10.0. The first kappa shape index (κ1) is 20.5. The van der Waals surface area contributed by atoms with E-state index < -0.39 is 0 Å². The van der Waals surface area contributed by atoms with Crippen LogP contribution in [0.2, 0.25) is 0 Å². The molecule has 2 aliphatic rings. The number of thioether (sulfide) groups is 1. The van der Waals surface area contributed by atoms with Gasteiger partial charge in [-0.25, -0.2) is 0 Å². The number of carbonyl (C=O) groups excluding carboxylic acids is 2. The molecule has 6 nitrogen and oxygen atoms in total. The molecule has 0 spiro atoms. The summed E-state index contributed by atoms with van der Waals surface area (Å²) in [5, 5.41) is 6.44. The van der Waals surface area contributed by atoms with Crippen molar-refractivity contribution in [2.45, 2.75) is 52.1 Å². The minimum absolute atomic E-state index is 0.0743. The molecule has 25 heavy (non-hydrogen) atoms. The highest BCUT2D eigenvalue weighted by Crippen LogP contribution is 2.20. The molecule has 0 bridgehead atoms. The molecule has 2 heterocycles. The van der Waals surface area contributed by atoms with E-state index in [1.54, 1.807) is 0 Å². The molecule has 2 aliphatic heterocycles. The van der Waals surface area contributed by atoms with Crippen molar-refractivity contribution in [3.05, 3.63) is 0 Å². The minimum atomic E-state index is -0.0895. The average molecular weight is 371 g/mol. The third-order valence-electron chi connectivity index (χ3n) is 5.10. The summed E-state index contributed by atoms with van der Waals surface area (Å²) >= 11 is 1.81. The second kappa shape index (κ2) is 10.4. The molecule has 3 atom stereocenters. The fourth-order valence-electron chi connectivity index (χ4n) is 3.59. The molecule has 2 N–H and O–H groups in total. The van der Waals surface area contributed by atoms with Crippen molar-refractivity contribution in [3.8, 4) is 0 Å². The molecule has 2 unspecified atom stereocenters. The van der Waals surface area contributed by atoms with E-state index >= 15 is 0 Å². The van der Waals surface area contributed by atoms with E-state index in [0.29, 0.717) is 12.5 Å². The van der Waals surface area contributed by atoms with Crippen LogP contribution in [0.4, 0.5) is 0 Å². The lowest BCUT2D eigenvalue weighted by molar-refractivity contribution is -0.131. The monoisotopic (exact) mass is 370 g/mol. The van der Waals surface area contributed by atoms with Crippen LogP contribution in [0.3, 0.4) is 0 Å². The van der Waals surface area contributed by atoms with Gasteiger partial charge in [0.2, 0.25) is 11.8 Å². The van der Waals surface area contributed by atoms with Crippen molar-refractivity contribution in [1.29, 1.82) is 0 Å². The van der Waals surface area contributed by atoms with Gasteiger partial charge in [0.15, 0.2) is 0 Å². The third-order valence-corrected chi connectivity index (χ3v) is 6.06. The number of nitrogens with one attached hydrogen (secondary N) is 2.